The number of hydrogen-bond donors (Lipinski definition) is 4. The number of carboxylic acid groups (broad SMARTS) is 1. The number of halogens is 4. The van der Waals surface area contributed by atoms with Gasteiger partial charge in [0.15, 0.2) is 0 Å². The lowest BCUT2D eigenvalue weighted by Crippen LogP contribution is -2.32. The summed E-state index contributed by atoms with van der Waals surface area (Å²) in [6.45, 7) is 0. The van der Waals surface area contributed by atoms with Crippen LogP contribution in [0.5, 0.6) is 11.5 Å². The maximum atomic E-state index is 11.1. The Bertz CT molecular complexity index is 806. The molecule has 0 heterocycles. The Morgan fingerprint density at radius 1 is 1.12 bits per heavy atom. The minimum absolute atomic E-state index is 0.131. The van der Waals surface area contributed by atoms with Crippen LogP contribution in [0.4, 0.5) is 0 Å². The lowest BCUT2D eigenvalue weighted by atomic mass is 9.95. The molecule has 2 rings (SSSR count). The van der Waals surface area contributed by atoms with Crippen molar-refractivity contribution in [1.29, 1.82) is 0 Å². The summed E-state index contributed by atoms with van der Waals surface area (Å²) < 4.78 is 2.40. The zero-order valence-electron chi connectivity index (χ0n) is 11.9. The molecule has 2 aromatic carbocycles. The maximum absolute atomic E-state index is 11.1. The highest BCUT2D eigenvalue weighted by molar-refractivity contribution is 14.1. The van der Waals surface area contributed by atoms with Crippen molar-refractivity contribution in [3.05, 3.63) is 38.9 Å². The van der Waals surface area contributed by atoms with Gasteiger partial charge in [-0.05, 0) is 119 Å². The van der Waals surface area contributed by atoms with Crippen LogP contribution in [0.2, 0.25) is 0 Å². The molecule has 0 unspecified atom stereocenters. The lowest BCUT2D eigenvalue weighted by molar-refractivity contribution is -0.138. The Labute approximate surface area is 187 Å². The minimum atomic E-state index is -1.08. The van der Waals surface area contributed by atoms with E-state index in [9.17, 15) is 15.0 Å². The SMILES string of the molecule is N[C@@H](Cc1cc(I)c(O)c(I)c1-c1cc(Br)c(O)c(I)c1)C(=O)O. The summed E-state index contributed by atoms with van der Waals surface area (Å²) in [4.78, 5) is 11.1. The Kier molecular flexibility index (Phi) is 7.01. The predicted molar refractivity (Wildman–Crippen MR) is 120 cm³/mol. The summed E-state index contributed by atoms with van der Waals surface area (Å²) in [5.74, 6) is -0.813. The van der Waals surface area contributed by atoms with E-state index in [-0.39, 0.29) is 17.9 Å². The molecule has 2 aromatic rings. The highest BCUT2D eigenvalue weighted by Gasteiger charge is 2.21. The summed E-state index contributed by atoms with van der Waals surface area (Å²) in [7, 11) is 0. The first-order valence-corrected chi connectivity index (χ1v) is 10.5. The molecule has 0 fully saturated rings. The zero-order chi connectivity index (χ0) is 18.2. The molecule has 9 heteroatoms. The fourth-order valence-electron chi connectivity index (χ4n) is 2.16. The first kappa shape index (κ1) is 20.5. The molecule has 5 N–H and O–H groups in total. The van der Waals surface area contributed by atoms with Gasteiger partial charge in [0, 0.05) is 5.56 Å². The number of benzene rings is 2. The van der Waals surface area contributed by atoms with E-state index in [1.54, 1.807) is 18.2 Å². The number of carboxylic acids is 1. The van der Waals surface area contributed by atoms with Crippen LogP contribution in [-0.4, -0.2) is 27.3 Å². The van der Waals surface area contributed by atoms with Gasteiger partial charge in [-0.3, -0.25) is 4.79 Å². The monoisotopic (exact) mass is 729 g/mol. The smallest absolute Gasteiger partial charge is 0.320 e. The van der Waals surface area contributed by atoms with Crippen LogP contribution >= 0.6 is 83.7 Å². The molecule has 128 valence electrons. The first-order valence-electron chi connectivity index (χ1n) is 6.50. The van der Waals surface area contributed by atoms with Gasteiger partial charge < -0.3 is 21.1 Å². The van der Waals surface area contributed by atoms with Crippen LogP contribution in [0, 0.1) is 10.7 Å². The third-order valence-electron chi connectivity index (χ3n) is 3.34. The maximum Gasteiger partial charge on any atom is 0.320 e. The van der Waals surface area contributed by atoms with Crippen LogP contribution in [-0.2, 0) is 11.2 Å². The zero-order valence-corrected chi connectivity index (χ0v) is 19.9. The predicted octanol–water partition coefficient (Wildman–Crippen LogP) is 4.30. The molecule has 24 heavy (non-hydrogen) atoms. The van der Waals surface area contributed by atoms with Crippen molar-refractivity contribution in [2.75, 3.05) is 0 Å². The Hall–Kier alpha value is 0.140. The van der Waals surface area contributed by atoms with Crippen molar-refractivity contribution >= 4 is 89.7 Å². The molecular weight excluding hydrogens is 719 g/mol. The molecule has 1 atom stereocenters. The van der Waals surface area contributed by atoms with Crippen molar-refractivity contribution in [2.24, 2.45) is 5.73 Å². The first-order chi connectivity index (χ1) is 11.1. The van der Waals surface area contributed by atoms with Gasteiger partial charge in [-0.25, -0.2) is 0 Å². The van der Waals surface area contributed by atoms with Crippen LogP contribution in [0.15, 0.2) is 22.7 Å². The van der Waals surface area contributed by atoms with Gasteiger partial charge in [-0.1, -0.05) is 0 Å². The normalized spacial score (nSPS) is 12.2. The molecule has 0 saturated heterocycles. The molecule has 0 amide bonds. The minimum Gasteiger partial charge on any atom is -0.506 e. The van der Waals surface area contributed by atoms with Gasteiger partial charge in [0.2, 0.25) is 0 Å². The van der Waals surface area contributed by atoms with E-state index >= 15 is 0 Å². The molecular formula is C15H11BrI3NO4. The van der Waals surface area contributed by atoms with Crippen LogP contribution in [0.1, 0.15) is 5.56 Å². The number of phenolic OH excluding ortho intramolecular Hbond substituents is 2. The van der Waals surface area contributed by atoms with Crippen LogP contribution in [0.25, 0.3) is 11.1 Å². The van der Waals surface area contributed by atoms with E-state index < -0.39 is 12.0 Å². The molecule has 0 saturated carbocycles. The Morgan fingerprint density at radius 3 is 2.25 bits per heavy atom. The second-order valence-corrected chi connectivity index (χ2v) is 9.25. The third-order valence-corrected chi connectivity index (χ3v) is 6.64. The highest BCUT2D eigenvalue weighted by Crippen LogP contribution is 2.41. The average molecular weight is 730 g/mol. The molecule has 0 aliphatic rings. The number of aromatic hydroxyl groups is 2. The summed E-state index contributed by atoms with van der Waals surface area (Å²) in [5, 5.41) is 29.3. The molecule has 0 bridgehead atoms. The second kappa shape index (κ2) is 8.22. The highest BCUT2D eigenvalue weighted by atomic mass is 127. The van der Waals surface area contributed by atoms with Crippen LogP contribution in [0.3, 0.4) is 0 Å². The van der Waals surface area contributed by atoms with E-state index in [0.717, 1.165) is 11.1 Å². The largest absolute Gasteiger partial charge is 0.506 e. The van der Waals surface area contributed by atoms with Gasteiger partial charge >= 0.3 is 5.97 Å². The number of carbonyl (C=O) groups is 1. The van der Waals surface area contributed by atoms with Crippen molar-refractivity contribution in [3.8, 4) is 22.6 Å². The molecule has 0 aliphatic heterocycles. The van der Waals surface area contributed by atoms with E-state index in [2.05, 4.69) is 15.9 Å². The topological polar surface area (TPSA) is 104 Å². The quantitative estimate of drug-likeness (QED) is 0.352. The van der Waals surface area contributed by atoms with Crippen LogP contribution < -0.4 is 5.73 Å². The van der Waals surface area contributed by atoms with E-state index in [1.165, 1.54) is 0 Å². The number of phenols is 2. The van der Waals surface area contributed by atoms with E-state index in [1.807, 2.05) is 67.8 Å². The number of hydrogen-bond acceptors (Lipinski definition) is 4. The summed E-state index contributed by atoms with van der Waals surface area (Å²) >= 11 is 9.36. The van der Waals surface area contributed by atoms with Gasteiger partial charge in [-0.2, -0.15) is 0 Å². The van der Waals surface area contributed by atoms with Gasteiger partial charge in [0.05, 0.1) is 15.2 Å². The standard InChI is InChI=1S/C15H11BrI3NO4/c16-7-1-5(2-8(17)13(7)21)11-6(4-10(20)15(23)24)3-9(18)14(22)12(11)19/h1-3,10,21-22H,4,20H2,(H,23,24)/t10-/m0/s1. The molecule has 5 nitrogen and oxygen atoms in total. The fourth-order valence-corrected chi connectivity index (χ4v) is 5.73. The molecule has 0 aromatic heterocycles. The number of nitrogens with two attached hydrogens (primary N) is 1. The number of aliphatic carboxylic acids is 1. The summed E-state index contributed by atoms with van der Waals surface area (Å²) in [6, 6.07) is 4.21. The summed E-state index contributed by atoms with van der Waals surface area (Å²) in [6.07, 6.45) is 0.131. The fraction of sp³-hybridized carbons (Fsp3) is 0.133. The Morgan fingerprint density at radius 2 is 1.71 bits per heavy atom. The summed E-state index contributed by atoms with van der Waals surface area (Å²) in [5.41, 5.74) is 7.90. The molecule has 0 radical (unpaired) electrons. The van der Waals surface area contributed by atoms with Crippen molar-refractivity contribution in [3.63, 3.8) is 0 Å². The third kappa shape index (κ3) is 4.27. The van der Waals surface area contributed by atoms with E-state index in [0.29, 0.717) is 20.7 Å². The molecule has 0 aliphatic carbocycles. The number of rotatable bonds is 4. The van der Waals surface area contributed by atoms with Crippen molar-refractivity contribution in [2.45, 2.75) is 12.5 Å². The van der Waals surface area contributed by atoms with Crippen molar-refractivity contribution < 1.29 is 20.1 Å². The average Bonchev–Trinajstić information content (AvgIpc) is 2.50. The van der Waals surface area contributed by atoms with Crippen molar-refractivity contribution in [1.82, 2.24) is 0 Å². The molecule has 0 spiro atoms. The van der Waals surface area contributed by atoms with Gasteiger partial charge in [-0.15, -0.1) is 0 Å². The Balaban J connectivity index is 2.72. The lowest BCUT2D eigenvalue weighted by Gasteiger charge is -2.17. The second-order valence-electron chi connectivity index (χ2n) is 4.99. The van der Waals surface area contributed by atoms with Gasteiger partial charge in [0.25, 0.3) is 0 Å². The van der Waals surface area contributed by atoms with Gasteiger partial charge in [0.1, 0.15) is 17.5 Å². The van der Waals surface area contributed by atoms with E-state index in [4.69, 9.17) is 10.8 Å².